The number of pyridine rings is 1. The molecular formula is C23H25N7O3. The molecule has 0 saturated heterocycles. The quantitative estimate of drug-likeness (QED) is 0.367. The largest absolute Gasteiger partial charge is 0.393 e. The number of nitrogens with one attached hydrogen (secondary N) is 2. The molecule has 170 valence electrons. The van der Waals surface area contributed by atoms with Gasteiger partial charge < -0.3 is 25.4 Å². The van der Waals surface area contributed by atoms with Gasteiger partial charge in [-0.25, -0.2) is 9.97 Å². The highest BCUT2D eigenvalue weighted by Gasteiger charge is 2.32. The second kappa shape index (κ2) is 7.53. The molecule has 10 nitrogen and oxygen atoms in total. The molecule has 2 atom stereocenters. The van der Waals surface area contributed by atoms with Gasteiger partial charge in [-0.1, -0.05) is 0 Å². The number of anilines is 1. The first-order valence-corrected chi connectivity index (χ1v) is 11.2. The minimum Gasteiger partial charge on any atom is -0.393 e. The van der Waals surface area contributed by atoms with E-state index >= 15 is 0 Å². The van der Waals surface area contributed by atoms with E-state index < -0.39 is 6.10 Å². The Morgan fingerprint density at radius 1 is 1.21 bits per heavy atom. The van der Waals surface area contributed by atoms with Gasteiger partial charge in [0.2, 0.25) is 0 Å². The van der Waals surface area contributed by atoms with Crippen LogP contribution < -0.4 is 10.6 Å². The Labute approximate surface area is 189 Å². The van der Waals surface area contributed by atoms with E-state index in [1.807, 2.05) is 24.4 Å². The van der Waals surface area contributed by atoms with Crippen molar-refractivity contribution in [3.63, 3.8) is 0 Å². The SMILES string of the molecule is CNc1cc(-c2cn([C@H]3C[C@@H](O)C3)c3ncccc23)nc2c(C(=O)N[C@H]3CC[C@@H]3O)cnn12. The molecular weight excluding hydrogens is 422 g/mol. The van der Waals surface area contributed by atoms with Gasteiger partial charge in [-0.2, -0.15) is 9.61 Å². The van der Waals surface area contributed by atoms with Crippen molar-refractivity contribution in [1.29, 1.82) is 0 Å². The van der Waals surface area contributed by atoms with Crippen LogP contribution in [-0.4, -0.2) is 65.6 Å². The molecule has 4 N–H and O–H groups in total. The van der Waals surface area contributed by atoms with E-state index in [2.05, 4.69) is 25.3 Å². The standard InChI is InChI=1S/C23H25N7O3/c1-24-20-9-18(16-11-29(12-7-13(31)8-12)21-14(16)3-2-6-25-21)27-22-15(10-26-30(20)22)23(33)28-17-4-5-19(17)32/h2-3,6,9-13,17,19,24,31-32H,4-5,7-8H2,1H3,(H,28,33)/t12-,13+,17-,19-/m0/s1. The monoisotopic (exact) mass is 447 g/mol. The average molecular weight is 447 g/mol. The summed E-state index contributed by atoms with van der Waals surface area (Å²) in [6.45, 7) is 0. The molecule has 10 heteroatoms. The third kappa shape index (κ3) is 3.17. The Hall–Kier alpha value is -3.50. The number of hydrogen-bond donors (Lipinski definition) is 4. The van der Waals surface area contributed by atoms with Crippen LogP contribution in [0.1, 0.15) is 42.1 Å². The van der Waals surface area contributed by atoms with Gasteiger partial charge in [0.25, 0.3) is 5.91 Å². The van der Waals surface area contributed by atoms with Gasteiger partial charge in [0.15, 0.2) is 5.65 Å². The molecule has 33 heavy (non-hydrogen) atoms. The summed E-state index contributed by atoms with van der Waals surface area (Å²) in [4.78, 5) is 22.3. The number of nitrogens with zero attached hydrogens (tertiary/aromatic N) is 5. The molecule has 4 aromatic rings. The summed E-state index contributed by atoms with van der Waals surface area (Å²) in [5, 5.41) is 31.0. The zero-order valence-corrected chi connectivity index (χ0v) is 18.1. The molecule has 1 amide bonds. The van der Waals surface area contributed by atoms with E-state index in [1.165, 1.54) is 6.20 Å². The molecule has 2 fully saturated rings. The zero-order chi connectivity index (χ0) is 22.7. The summed E-state index contributed by atoms with van der Waals surface area (Å²) in [5.74, 6) is 0.398. The number of aliphatic hydroxyl groups is 2. The number of amides is 1. The predicted molar refractivity (Wildman–Crippen MR) is 122 cm³/mol. The lowest BCUT2D eigenvalue weighted by atomic mass is 9.89. The molecule has 2 aliphatic carbocycles. The van der Waals surface area contributed by atoms with Gasteiger partial charge in [-0.15, -0.1) is 0 Å². The number of carbonyl (C=O) groups is 1. The first kappa shape index (κ1) is 20.1. The summed E-state index contributed by atoms with van der Waals surface area (Å²) in [6, 6.07) is 5.77. The third-order valence-corrected chi connectivity index (χ3v) is 6.87. The first-order chi connectivity index (χ1) is 16.0. The number of aliphatic hydroxyl groups excluding tert-OH is 2. The summed E-state index contributed by atoms with van der Waals surface area (Å²) in [7, 11) is 1.80. The van der Waals surface area contributed by atoms with Crippen molar-refractivity contribution in [2.75, 3.05) is 12.4 Å². The Bertz CT molecular complexity index is 1370. The number of hydrogen-bond acceptors (Lipinski definition) is 7. The molecule has 4 heterocycles. The second-order valence-corrected chi connectivity index (χ2v) is 8.90. The van der Waals surface area contributed by atoms with Gasteiger partial charge in [0.05, 0.1) is 30.1 Å². The van der Waals surface area contributed by atoms with Crippen LogP contribution in [0.2, 0.25) is 0 Å². The van der Waals surface area contributed by atoms with E-state index in [4.69, 9.17) is 4.98 Å². The molecule has 0 radical (unpaired) electrons. The number of rotatable bonds is 5. The molecule has 2 saturated carbocycles. The maximum atomic E-state index is 12.9. The van der Waals surface area contributed by atoms with E-state index in [9.17, 15) is 15.0 Å². The Morgan fingerprint density at radius 3 is 2.76 bits per heavy atom. The Morgan fingerprint density at radius 2 is 2.06 bits per heavy atom. The van der Waals surface area contributed by atoms with Crippen molar-refractivity contribution in [1.82, 2.24) is 29.5 Å². The van der Waals surface area contributed by atoms with Gasteiger partial charge in [-0.05, 0) is 37.8 Å². The summed E-state index contributed by atoms with van der Waals surface area (Å²) in [6.07, 6.45) is 7.39. The molecule has 0 aliphatic heterocycles. The Balaban J connectivity index is 1.46. The highest BCUT2D eigenvalue weighted by molar-refractivity contribution is 6.01. The van der Waals surface area contributed by atoms with Crippen LogP contribution in [0, 0.1) is 0 Å². The molecule has 0 unspecified atom stereocenters. The predicted octanol–water partition coefficient (Wildman–Crippen LogP) is 1.74. The Kier molecular flexibility index (Phi) is 4.59. The van der Waals surface area contributed by atoms with Crippen LogP contribution in [0.3, 0.4) is 0 Å². The van der Waals surface area contributed by atoms with E-state index in [-0.39, 0.29) is 24.1 Å². The van der Waals surface area contributed by atoms with Crippen molar-refractivity contribution in [2.45, 2.75) is 50.0 Å². The lowest BCUT2D eigenvalue weighted by molar-refractivity contribution is 0.0448. The third-order valence-electron chi connectivity index (χ3n) is 6.87. The van der Waals surface area contributed by atoms with Gasteiger partial charge in [0.1, 0.15) is 17.0 Å². The zero-order valence-electron chi connectivity index (χ0n) is 18.1. The van der Waals surface area contributed by atoms with Crippen molar-refractivity contribution >= 4 is 28.4 Å². The van der Waals surface area contributed by atoms with E-state index in [0.29, 0.717) is 42.0 Å². The fourth-order valence-corrected chi connectivity index (χ4v) is 4.69. The topological polar surface area (TPSA) is 130 Å². The van der Waals surface area contributed by atoms with Crippen LogP contribution >= 0.6 is 0 Å². The van der Waals surface area contributed by atoms with Crippen LogP contribution in [0.5, 0.6) is 0 Å². The second-order valence-electron chi connectivity index (χ2n) is 8.90. The van der Waals surface area contributed by atoms with E-state index in [0.717, 1.165) is 23.0 Å². The molecule has 6 rings (SSSR count). The number of aromatic nitrogens is 5. The van der Waals surface area contributed by atoms with Gasteiger partial charge >= 0.3 is 0 Å². The van der Waals surface area contributed by atoms with Crippen molar-refractivity contribution < 1.29 is 15.0 Å². The van der Waals surface area contributed by atoms with Gasteiger partial charge in [-0.3, -0.25) is 4.79 Å². The summed E-state index contributed by atoms with van der Waals surface area (Å²) in [5.41, 5.74) is 3.24. The molecule has 0 aromatic carbocycles. The summed E-state index contributed by atoms with van der Waals surface area (Å²) >= 11 is 0. The normalized spacial score (nSPS) is 24.5. The maximum Gasteiger partial charge on any atom is 0.257 e. The maximum absolute atomic E-state index is 12.9. The van der Waals surface area contributed by atoms with Crippen molar-refractivity contribution in [2.24, 2.45) is 0 Å². The van der Waals surface area contributed by atoms with Crippen molar-refractivity contribution in [3.8, 4) is 11.3 Å². The fraction of sp³-hybridized carbons (Fsp3) is 0.391. The summed E-state index contributed by atoms with van der Waals surface area (Å²) < 4.78 is 3.72. The molecule has 0 bridgehead atoms. The minimum atomic E-state index is -0.504. The fourth-order valence-electron chi connectivity index (χ4n) is 4.69. The first-order valence-electron chi connectivity index (χ1n) is 11.2. The highest BCUT2D eigenvalue weighted by atomic mass is 16.3. The molecule has 4 aromatic heterocycles. The molecule has 0 spiro atoms. The smallest absolute Gasteiger partial charge is 0.257 e. The van der Waals surface area contributed by atoms with Crippen LogP contribution in [-0.2, 0) is 0 Å². The minimum absolute atomic E-state index is 0.198. The molecule has 2 aliphatic rings. The van der Waals surface area contributed by atoms with Crippen molar-refractivity contribution in [3.05, 3.63) is 42.4 Å². The lowest BCUT2D eigenvalue weighted by Gasteiger charge is -2.32. The lowest BCUT2D eigenvalue weighted by Crippen LogP contribution is -2.50. The highest BCUT2D eigenvalue weighted by Crippen LogP contribution is 2.38. The van der Waals surface area contributed by atoms with Crippen LogP contribution in [0.15, 0.2) is 36.8 Å². The number of fused-ring (bicyclic) bond motifs is 2. The van der Waals surface area contributed by atoms with Crippen LogP contribution in [0.4, 0.5) is 5.82 Å². The van der Waals surface area contributed by atoms with Gasteiger partial charge in [0, 0.05) is 42.5 Å². The number of carbonyl (C=O) groups excluding carboxylic acids is 1. The van der Waals surface area contributed by atoms with Crippen LogP contribution in [0.25, 0.3) is 27.9 Å². The van der Waals surface area contributed by atoms with E-state index in [1.54, 1.807) is 17.8 Å². The average Bonchev–Trinajstić information content (AvgIpc) is 3.40.